The van der Waals surface area contributed by atoms with Crippen LogP contribution in [-0.4, -0.2) is 42.1 Å². The molecule has 0 radical (unpaired) electrons. The van der Waals surface area contributed by atoms with Gasteiger partial charge in [-0.15, -0.1) is 0 Å². The van der Waals surface area contributed by atoms with Gasteiger partial charge in [-0.2, -0.15) is 0 Å². The highest BCUT2D eigenvalue weighted by Gasteiger charge is 2.37. The molecule has 0 aromatic heterocycles. The quantitative estimate of drug-likeness (QED) is 0.662. The Morgan fingerprint density at radius 3 is 2.67 bits per heavy atom. The minimum Gasteiger partial charge on any atom is -0.497 e. The number of ether oxygens (including phenoxy) is 2. The molecule has 1 amide bonds. The van der Waals surface area contributed by atoms with Crippen LogP contribution in [0.2, 0.25) is 0 Å². The summed E-state index contributed by atoms with van der Waals surface area (Å²) in [5.41, 5.74) is -0.131. The van der Waals surface area contributed by atoms with E-state index in [4.69, 9.17) is 9.47 Å². The van der Waals surface area contributed by atoms with Crippen LogP contribution >= 0.6 is 0 Å². The Balaban J connectivity index is 1.86. The molecular formula is C21H23NO5. The summed E-state index contributed by atoms with van der Waals surface area (Å²) in [6, 6.07) is 13.9. The van der Waals surface area contributed by atoms with Crippen LogP contribution in [0.1, 0.15) is 35.7 Å². The fraction of sp³-hybridized carbons (Fsp3) is 0.333. The maximum Gasteiger partial charge on any atom is 0.308 e. The number of methoxy groups -OCH3 is 1. The number of nitrogens with zero attached hydrogens (tertiary/aromatic N) is 1. The molecule has 0 bridgehead atoms. The molecule has 3 rings (SSSR count). The van der Waals surface area contributed by atoms with Crippen molar-refractivity contribution >= 4 is 11.9 Å². The van der Waals surface area contributed by atoms with Gasteiger partial charge in [0.1, 0.15) is 17.1 Å². The second-order valence-corrected chi connectivity index (χ2v) is 6.68. The smallest absolute Gasteiger partial charge is 0.308 e. The molecule has 1 saturated heterocycles. The van der Waals surface area contributed by atoms with E-state index in [0.29, 0.717) is 36.3 Å². The number of hydrogen-bond donors (Lipinski definition) is 1. The molecule has 2 aromatic carbocycles. The zero-order chi connectivity index (χ0) is 19.4. The molecule has 2 aromatic rings. The predicted molar refractivity (Wildman–Crippen MR) is 99.8 cm³/mol. The molecule has 0 saturated carbocycles. The molecule has 1 fully saturated rings. The van der Waals surface area contributed by atoms with Crippen LogP contribution in [0.4, 0.5) is 0 Å². The van der Waals surface area contributed by atoms with Crippen molar-refractivity contribution in [2.75, 3.05) is 20.2 Å². The second kappa shape index (κ2) is 7.80. The standard InChI is InChI=1S/C21H23NO5/c1-15(23)27-19-10-4-3-9-18(19)20(24)22-12-6-11-21(25,14-22)16-7-5-8-17(13-16)26-2/h3-5,7-10,13,25H,6,11-12,14H2,1-2H3. The molecule has 1 aliphatic rings. The maximum atomic E-state index is 13.0. The van der Waals surface area contributed by atoms with Crippen LogP contribution in [0.25, 0.3) is 0 Å². The van der Waals surface area contributed by atoms with Crippen LogP contribution in [-0.2, 0) is 10.4 Å². The number of piperidine rings is 1. The number of rotatable bonds is 4. The molecule has 1 heterocycles. The van der Waals surface area contributed by atoms with Crippen molar-refractivity contribution < 1.29 is 24.2 Å². The van der Waals surface area contributed by atoms with Gasteiger partial charge in [0.05, 0.1) is 19.2 Å². The van der Waals surface area contributed by atoms with Crippen LogP contribution in [0, 0.1) is 0 Å². The van der Waals surface area contributed by atoms with E-state index in [0.717, 1.165) is 0 Å². The van der Waals surface area contributed by atoms with Crippen LogP contribution in [0.5, 0.6) is 11.5 Å². The summed E-state index contributed by atoms with van der Waals surface area (Å²) in [5, 5.41) is 11.2. The molecule has 0 spiro atoms. The summed E-state index contributed by atoms with van der Waals surface area (Å²) in [7, 11) is 1.58. The lowest BCUT2D eigenvalue weighted by Crippen LogP contribution is -2.48. The van der Waals surface area contributed by atoms with Gasteiger partial charge >= 0.3 is 5.97 Å². The van der Waals surface area contributed by atoms with Gasteiger partial charge in [-0.25, -0.2) is 0 Å². The molecule has 0 aliphatic carbocycles. The summed E-state index contributed by atoms with van der Waals surface area (Å²) in [6.07, 6.45) is 1.21. The lowest BCUT2D eigenvalue weighted by Gasteiger charge is -2.39. The van der Waals surface area contributed by atoms with Gasteiger partial charge in [0.2, 0.25) is 0 Å². The highest BCUT2D eigenvalue weighted by atomic mass is 16.5. The highest BCUT2D eigenvalue weighted by Crippen LogP contribution is 2.34. The van der Waals surface area contributed by atoms with E-state index in [-0.39, 0.29) is 18.2 Å². The average molecular weight is 369 g/mol. The van der Waals surface area contributed by atoms with Gasteiger partial charge in [0.25, 0.3) is 5.91 Å². The first-order chi connectivity index (χ1) is 12.9. The summed E-state index contributed by atoms with van der Waals surface area (Å²) < 4.78 is 10.4. The van der Waals surface area contributed by atoms with Gasteiger partial charge in [-0.1, -0.05) is 24.3 Å². The number of amides is 1. The first-order valence-corrected chi connectivity index (χ1v) is 8.86. The normalized spacial score (nSPS) is 19.4. The zero-order valence-corrected chi connectivity index (χ0v) is 15.5. The first kappa shape index (κ1) is 18.9. The molecule has 142 valence electrons. The van der Waals surface area contributed by atoms with Crippen molar-refractivity contribution in [3.63, 3.8) is 0 Å². The van der Waals surface area contributed by atoms with Gasteiger partial charge in [-0.05, 0) is 42.7 Å². The molecule has 1 aliphatic heterocycles. The fourth-order valence-corrected chi connectivity index (χ4v) is 3.42. The molecule has 1 unspecified atom stereocenters. The third kappa shape index (κ3) is 4.11. The van der Waals surface area contributed by atoms with Crippen molar-refractivity contribution in [1.29, 1.82) is 0 Å². The van der Waals surface area contributed by atoms with Crippen molar-refractivity contribution in [2.24, 2.45) is 0 Å². The van der Waals surface area contributed by atoms with E-state index in [2.05, 4.69) is 0 Å². The van der Waals surface area contributed by atoms with Crippen LogP contribution < -0.4 is 9.47 Å². The number of para-hydroxylation sites is 1. The van der Waals surface area contributed by atoms with Gasteiger partial charge in [-0.3, -0.25) is 9.59 Å². The third-order valence-corrected chi connectivity index (χ3v) is 4.74. The predicted octanol–water partition coefficient (Wildman–Crippen LogP) is 2.74. The SMILES string of the molecule is COc1cccc(C2(O)CCCN(C(=O)c3ccccc3OC(C)=O)C2)c1. The number of esters is 1. The highest BCUT2D eigenvalue weighted by molar-refractivity contribution is 5.97. The summed E-state index contributed by atoms with van der Waals surface area (Å²) in [5.74, 6) is 0.129. The van der Waals surface area contributed by atoms with Crippen molar-refractivity contribution in [2.45, 2.75) is 25.4 Å². The topological polar surface area (TPSA) is 76.1 Å². The average Bonchev–Trinajstić information content (AvgIpc) is 2.67. The Morgan fingerprint density at radius 2 is 1.93 bits per heavy atom. The monoisotopic (exact) mass is 369 g/mol. The van der Waals surface area contributed by atoms with Crippen molar-refractivity contribution in [3.05, 3.63) is 59.7 Å². The fourth-order valence-electron chi connectivity index (χ4n) is 3.42. The van der Waals surface area contributed by atoms with Crippen molar-refractivity contribution in [1.82, 2.24) is 4.90 Å². The lowest BCUT2D eigenvalue weighted by atomic mass is 9.85. The number of aliphatic hydroxyl groups is 1. The van der Waals surface area contributed by atoms with Crippen molar-refractivity contribution in [3.8, 4) is 11.5 Å². The van der Waals surface area contributed by atoms with Gasteiger partial charge < -0.3 is 19.5 Å². The van der Waals surface area contributed by atoms with E-state index in [1.165, 1.54) is 6.92 Å². The Hall–Kier alpha value is -2.86. The van der Waals surface area contributed by atoms with E-state index >= 15 is 0 Å². The molecular weight excluding hydrogens is 346 g/mol. The maximum absolute atomic E-state index is 13.0. The Labute approximate surface area is 158 Å². The molecule has 6 heteroatoms. The minimum atomic E-state index is -1.15. The van der Waals surface area contributed by atoms with E-state index in [9.17, 15) is 14.7 Å². The number of hydrogen-bond acceptors (Lipinski definition) is 5. The molecule has 27 heavy (non-hydrogen) atoms. The largest absolute Gasteiger partial charge is 0.497 e. The van der Waals surface area contributed by atoms with E-state index < -0.39 is 11.6 Å². The number of carbonyl (C=O) groups is 2. The summed E-state index contributed by atoms with van der Waals surface area (Å²) in [6.45, 7) is 1.98. The lowest BCUT2D eigenvalue weighted by molar-refractivity contribution is -0.131. The molecule has 1 atom stereocenters. The van der Waals surface area contributed by atoms with Crippen LogP contribution in [0.15, 0.2) is 48.5 Å². The Kier molecular flexibility index (Phi) is 5.46. The second-order valence-electron chi connectivity index (χ2n) is 6.68. The van der Waals surface area contributed by atoms with Crippen LogP contribution in [0.3, 0.4) is 0 Å². The first-order valence-electron chi connectivity index (χ1n) is 8.86. The van der Waals surface area contributed by atoms with E-state index in [1.54, 1.807) is 42.3 Å². The Morgan fingerprint density at radius 1 is 1.15 bits per heavy atom. The number of β-amino-alcohol motifs (C(OH)–C–C–N with tert-alkyl or cyclic N) is 1. The number of likely N-dealkylation sites (tertiary alicyclic amines) is 1. The van der Waals surface area contributed by atoms with Gasteiger partial charge in [0, 0.05) is 13.5 Å². The zero-order valence-electron chi connectivity index (χ0n) is 15.5. The molecule has 1 N–H and O–H groups in total. The number of benzene rings is 2. The summed E-state index contributed by atoms with van der Waals surface area (Å²) >= 11 is 0. The summed E-state index contributed by atoms with van der Waals surface area (Å²) in [4.78, 5) is 26.0. The Bertz CT molecular complexity index is 850. The number of carbonyl (C=O) groups excluding carboxylic acids is 2. The third-order valence-electron chi connectivity index (χ3n) is 4.74. The molecule has 6 nitrogen and oxygen atoms in total. The van der Waals surface area contributed by atoms with E-state index in [1.807, 2.05) is 18.2 Å². The van der Waals surface area contributed by atoms with Gasteiger partial charge in [0.15, 0.2) is 0 Å². The minimum absolute atomic E-state index is 0.160.